The second kappa shape index (κ2) is 74.2. The molecule has 0 aliphatic rings. The van der Waals surface area contributed by atoms with Gasteiger partial charge in [-0.3, -0.25) is 37.3 Å². The molecule has 17 nitrogen and oxygen atoms in total. The average Bonchev–Trinajstić information content (AvgIpc) is 0.928. The molecule has 0 aromatic carbocycles. The van der Waals surface area contributed by atoms with Crippen molar-refractivity contribution in [3.8, 4) is 0 Å². The highest BCUT2D eigenvalue weighted by Crippen LogP contribution is 2.45. The SMILES string of the molecule is CCCCCCCCCCCCCCCCCCCCCC(=O)O[C@H](COC(=O)CCCCCCCCCCCCCCCCC(C)CC)COP(=O)(O)OC[C@@H](O)COP(=O)(O)OC[C@@H](COC(=O)CCCCCCCCC(C)CC)OC(=O)CCCCCCCCCCCCCCCC(C)C. The Bertz CT molecular complexity index is 2000. The van der Waals surface area contributed by atoms with Crippen molar-refractivity contribution in [3.63, 3.8) is 0 Å². The lowest BCUT2D eigenvalue weighted by Gasteiger charge is -2.21. The van der Waals surface area contributed by atoms with Crippen LogP contribution in [0.1, 0.15) is 440 Å². The van der Waals surface area contributed by atoms with Gasteiger partial charge in [-0.1, -0.05) is 389 Å². The highest BCUT2D eigenvalue weighted by Gasteiger charge is 2.30. The van der Waals surface area contributed by atoms with Crippen molar-refractivity contribution in [2.45, 2.75) is 458 Å². The predicted molar refractivity (Wildman–Crippen MR) is 423 cm³/mol. The van der Waals surface area contributed by atoms with E-state index in [1.165, 1.54) is 244 Å². The van der Waals surface area contributed by atoms with E-state index in [9.17, 15) is 43.2 Å². The molecule has 3 N–H and O–H groups in total. The number of hydrogen-bond donors (Lipinski definition) is 3. The van der Waals surface area contributed by atoms with Gasteiger partial charge in [-0.05, 0) is 43.4 Å². The first kappa shape index (κ1) is 101. The molecule has 19 heteroatoms. The molecule has 0 aromatic rings. The van der Waals surface area contributed by atoms with Gasteiger partial charge in [0.2, 0.25) is 0 Å². The van der Waals surface area contributed by atoms with Gasteiger partial charge in [-0.15, -0.1) is 0 Å². The Morgan fingerprint density at radius 1 is 0.282 bits per heavy atom. The molecule has 4 unspecified atom stereocenters. The molecule has 0 aliphatic heterocycles. The summed E-state index contributed by atoms with van der Waals surface area (Å²) < 4.78 is 68.8. The van der Waals surface area contributed by atoms with E-state index >= 15 is 0 Å². The second-order valence-corrected chi connectivity index (χ2v) is 34.1. The number of phosphoric acid groups is 2. The molecule has 0 aliphatic carbocycles. The van der Waals surface area contributed by atoms with Crippen molar-refractivity contribution in [1.29, 1.82) is 0 Å². The van der Waals surface area contributed by atoms with Gasteiger partial charge < -0.3 is 33.8 Å². The Morgan fingerprint density at radius 3 is 0.738 bits per heavy atom. The zero-order chi connectivity index (χ0) is 75.8. The first-order valence-electron chi connectivity index (χ1n) is 43.4. The molecule has 0 fully saturated rings. The summed E-state index contributed by atoms with van der Waals surface area (Å²) in [4.78, 5) is 73.2. The number of carbonyl (C=O) groups is 4. The van der Waals surface area contributed by atoms with Gasteiger partial charge >= 0.3 is 39.5 Å². The summed E-state index contributed by atoms with van der Waals surface area (Å²) in [7, 11) is -9.93. The molecule has 7 atom stereocenters. The van der Waals surface area contributed by atoms with E-state index in [2.05, 4.69) is 48.5 Å². The van der Waals surface area contributed by atoms with Crippen LogP contribution in [0.2, 0.25) is 0 Å². The van der Waals surface area contributed by atoms with Gasteiger partial charge in [-0.25, -0.2) is 9.13 Å². The minimum atomic E-state index is -4.96. The van der Waals surface area contributed by atoms with Crippen molar-refractivity contribution in [2.75, 3.05) is 39.6 Å². The molecule has 0 radical (unpaired) electrons. The lowest BCUT2D eigenvalue weighted by Crippen LogP contribution is -2.30. The number of carbonyl (C=O) groups excluding carboxylic acids is 4. The smallest absolute Gasteiger partial charge is 0.462 e. The van der Waals surface area contributed by atoms with Crippen LogP contribution in [0.15, 0.2) is 0 Å². The van der Waals surface area contributed by atoms with E-state index in [1.807, 2.05) is 0 Å². The summed E-state index contributed by atoms with van der Waals surface area (Å²) in [6.45, 7) is 12.0. The fourth-order valence-corrected chi connectivity index (χ4v) is 14.5. The summed E-state index contributed by atoms with van der Waals surface area (Å²) in [6, 6.07) is 0. The molecule has 0 heterocycles. The zero-order valence-electron chi connectivity index (χ0n) is 67.8. The number of phosphoric ester groups is 2. The Balaban J connectivity index is 5.25. The van der Waals surface area contributed by atoms with Gasteiger partial charge in [-0.2, -0.15) is 0 Å². The third kappa shape index (κ3) is 75.3. The monoisotopic (exact) mass is 1510 g/mol. The van der Waals surface area contributed by atoms with Gasteiger partial charge in [0.15, 0.2) is 12.2 Å². The number of hydrogen-bond acceptors (Lipinski definition) is 15. The largest absolute Gasteiger partial charge is 0.472 e. The minimum Gasteiger partial charge on any atom is -0.462 e. The van der Waals surface area contributed by atoms with E-state index in [1.54, 1.807) is 0 Å². The number of esters is 4. The minimum absolute atomic E-state index is 0.106. The number of ether oxygens (including phenoxy) is 4. The molecular formula is C84H164O17P2. The summed E-state index contributed by atoms with van der Waals surface area (Å²) >= 11 is 0. The summed E-state index contributed by atoms with van der Waals surface area (Å²) in [6.07, 6.45) is 63.8. The van der Waals surface area contributed by atoms with Crippen molar-refractivity contribution >= 4 is 39.5 Å². The summed E-state index contributed by atoms with van der Waals surface area (Å²) in [5.41, 5.74) is 0. The highest BCUT2D eigenvalue weighted by atomic mass is 31.2. The molecule has 0 spiro atoms. The highest BCUT2D eigenvalue weighted by molar-refractivity contribution is 7.47. The standard InChI is InChI=1S/C84H164O17P2/c1-8-11-12-13-14-15-16-17-18-19-20-21-22-29-34-39-44-53-60-67-83(88)100-79(71-94-81(86)65-58-51-43-38-33-28-24-23-27-32-37-42-49-56-63-76(6)9-2)73-98-102(90,91)96-69-78(85)70-97-103(92,93)99-74-80(72-95-82(87)66-59-52-47-46-50-57-64-77(7)10-3)101-84(89)68-61-54-45-40-35-30-25-26-31-36-41-48-55-62-75(4)5/h75-80,85H,8-74H2,1-7H3,(H,90,91)(H,92,93)/t76?,77?,78-,79-,80-/m1/s1. The lowest BCUT2D eigenvalue weighted by molar-refractivity contribution is -0.161. The maximum atomic E-state index is 13.1. The Morgan fingerprint density at radius 2 is 0.495 bits per heavy atom. The molecule has 612 valence electrons. The van der Waals surface area contributed by atoms with E-state index in [0.29, 0.717) is 25.7 Å². The number of unbranched alkanes of at least 4 members (excludes halogenated alkanes) is 48. The Hall–Kier alpha value is -1.94. The van der Waals surface area contributed by atoms with Gasteiger partial charge in [0.1, 0.15) is 19.3 Å². The van der Waals surface area contributed by atoms with E-state index in [0.717, 1.165) is 114 Å². The number of aliphatic hydroxyl groups is 1. The molecule has 0 saturated carbocycles. The van der Waals surface area contributed by atoms with E-state index in [-0.39, 0.29) is 25.7 Å². The van der Waals surface area contributed by atoms with Crippen LogP contribution in [0.25, 0.3) is 0 Å². The summed E-state index contributed by atoms with van der Waals surface area (Å²) in [5.74, 6) is 0.259. The lowest BCUT2D eigenvalue weighted by atomic mass is 9.99. The molecule has 0 rings (SSSR count). The molecule has 103 heavy (non-hydrogen) atoms. The van der Waals surface area contributed by atoms with Crippen LogP contribution in [0.5, 0.6) is 0 Å². The Labute approximate surface area is 632 Å². The molecule has 0 saturated heterocycles. The first-order chi connectivity index (χ1) is 49.8. The topological polar surface area (TPSA) is 237 Å². The molecule has 0 aromatic heterocycles. The zero-order valence-corrected chi connectivity index (χ0v) is 69.6. The Kier molecular flexibility index (Phi) is 72.8. The van der Waals surface area contributed by atoms with Crippen LogP contribution in [0.3, 0.4) is 0 Å². The second-order valence-electron chi connectivity index (χ2n) is 31.2. The number of aliphatic hydroxyl groups excluding tert-OH is 1. The normalized spacial score (nSPS) is 14.4. The van der Waals surface area contributed by atoms with Crippen molar-refractivity contribution in [3.05, 3.63) is 0 Å². The first-order valence-corrected chi connectivity index (χ1v) is 46.4. The molecular weight excluding hydrogens is 1340 g/mol. The third-order valence-corrected chi connectivity index (χ3v) is 22.3. The van der Waals surface area contributed by atoms with Crippen molar-refractivity contribution < 1.29 is 80.2 Å². The molecule has 0 amide bonds. The average molecular weight is 1510 g/mol. The van der Waals surface area contributed by atoms with Crippen LogP contribution in [0, 0.1) is 17.8 Å². The predicted octanol–water partition coefficient (Wildman–Crippen LogP) is 25.3. The van der Waals surface area contributed by atoms with Crippen LogP contribution < -0.4 is 0 Å². The van der Waals surface area contributed by atoms with Gasteiger partial charge in [0.05, 0.1) is 26.4 Å². The fourth-order valence-electron chi connectivity index (χ4n) is 13.0. The summed E-state index contributed by atoms with van der Waals surface area (Å²) in [5, 5.41) is 10.7. The van der Waals surface area contributed by atoms with Crippen LogP contribution in [-0.4, -0.2) is 96.7 Å². The van der Waals surface area contributed by atoms with Gasteiger partial charge in [0.25, 0.3) is 0 Å². The maximum absolute atomic E-state index is 13.1. The van der Waals surface area contributed by atoms with Crippen LogP contribution in [-0.2, 0) is 65.4 Å². The fraction of sp³-hybridized carbons (Fsp3) is 0.952. The quantitative estimate of drug-likeness (QED) is 0.0222. The van der Waals surface area contributed by atoms with Crippen molar-refractivity contribution in [2.24, 2.45) is 17.8 Å². The maximum Gasteiger partial charge on any atom is 0.472 e. The van der Waals surface area contributed by atoms with E-state index in [4.69, 9.17) is 37.0 Å². The number of rotatable bonds is 82. The van der Waals surface area contributed by atoms with Gasteiger partial charge in [0, 0.05) is 25.7 Å². The van der Waals surface area contributed by atoms with Crippen LogP contribution >= 0.6 is 15.6 Å². The van der Waals surface area contributed by atoms with E-state index < -0.39 is 97.5 Å². The molecule has 0 bridgehead atoms. The van der Waals surface area contributed by atoms with Crippen molar-refractivity contribution in [1.82, 2.24) is 0 Å². The third-order valence-electron chi connectivity index (χ3n) is 20.4. The van der Waals surface area contributed by atoms with Crippen LogP contribution in [0.4, 0.5) is 0 Å².